The first-order chi connectivity index (χ1) is 6.15. The van der Waals surface area contributed by atoms with Gasteiger partial charge in [-0.05, 0) is 13.8 Å². The highest BCUT2D eigenvalue weighted by molar-refractivity contribution is 7.09. The zero-order valence-corrected chi connectivity index (χ0v) is 8.52. The van der Waals surface area contributed by atoms with Gasteiger partial charge in [0.25, 0.3) is 0 Å². The van der Waals surface area contributed by atoms with E-state index in [4.69, 9.17) is 5.73 Å². The van der Waals surface area contributed by atoms with Crippen molar-refractivity contribution in [1.82, 2.24) is 10.3 Å². The lowest BCUT2D eigenvalue weighted by Gasteiger charge is -2.11. The fraction of sp³-hybridized carbons (Fsp3) is 0.500. The Hall–Kier alpha value is -0.940. The average molecular weight is 199 g/mol. The molecule has 0 aliphatic heterocycles. The predicted octanol–water partition coefficient (Wildman–Crippen LogP) is 0.587. The second kappa shape index (κ2) is 4.34. The third-order valence-corrected chi connectivity index (χ3v) is 2.53. The van der Waals surface area contributed by atoms with Gasteiger partial charge in [0.2, 0.25) is 5.91 Å². The van der Waals surface area contributed by atoms with Gasteiger partial charge in [-0.1, -0.05) is 0 Å². The smallest absolute Gasteiger partial charge is 0.234 e. The predicted molar refractivity (Wildman–Crippen MR) is 52.5 cm³/mol. The van der Waals surface area contributed by atoms with Gasteiger partial charge in [-0.3, -0.25) is 4.79 Å². The van der Waals surface area contributed by atoms with E-state index in [-0.39, 0.29) is 18.5 Å². The van der Waals surface area contributed by atoms with Crippen LogP contribution in [0.3, 0.4) is 0 Å². The summed E-state index contributed by atoms with van der Waals surface area (Å²) in [6.07, 6.45) is 0. The van der Waals surface area contributed by atoms with E-state index in [9.17, 15) is 4.79 Å². The minimum atomic E-state index is -0.153. The summed E-state index contributed by atoms with van der Waals surface area (Å²) in [6, 6.07) is -0.0534. The second-order valence-electron chi connectivity index (χ2n) is 2.79. The van der Waals surface area contributed by atoms with Crippen molar-refractivity contribution in [2.45, 2.75) is 19.9 Å². The fourth-order valence-electron chi connectivity index (χ4n) is 1.10. The van der Waals surface area contributed by atoms with Gasteiger partial charge in [-0.2, -0.15) is 0 Å². The van der Waals surface area contributed by atoms with E-state index in [1.54, 1.807) is 16.8 Å². The molecule has 0 aromatic carbocycles. The summed E-state index contributed by atoms with van der Waals surface area (Å²) in [5.74, 6) is -0.153. The summed E-state index contributed by atoms with van der Waals surface area (Å²) in [6.45, 7) is 3.90. The van der Waals surface area contributed by atoms with E-state index in [2.05, 4.69) is 10.3 Å². The molecule has 0 saturated heterocycles. The maximum Gasteiger partial charge on any atom is 0.234 e. The largest absolute Gasteiger partial charge is 0.347 e. The molecule has 1 aromatic heterocycles. The molecule has 0 spiro atoms. The van der Waals surface area contributed by atoms with Gasteiger partial charge < -0.3 is 11.1 Å². The molecule has 1 unspecified atom stereocenters. The van der Waals surface area contributed by atoms with Crippen molar-refractivity contribution in [2.75, 3.05) is 6.54 Å². The molecule has 0 aliphatic carbocycles. The van der Waals surface area contributed by atoms with Crippen LogP contribution in [0.4, 0.5) is 0 Å². The average Bonchev–Trinajstić information content (AvgIpc) is 2.51. The number of nitrogens with two attached hydrogens (primary N) is 1. The molecular formula is C8H13N3OS. The van der Waals surface area contributed by atoms with Gasteiger partial charge in [0.1, 0.15) is 0 Å². The van der Waals surface area contributed by atoms with Crippen molar-refractivity contribution in [2.24, 2.45) is 5.73 Å². The van der Waals surface area contributed by atoms with Crippen molar-refractivity contribution in [3.63, 3.8) is 0 Å². The molecule has 1 amide bonds. The first-order valence-electron chi connectivity index (χ1n) is 4.04. The van der Waals surface area contributed by atoms with Crippen molar-refractivity contribution >= 4 is 17.2 Å². The Bertz CT molecular complexity index is 297. The number of rotatable bonds is 3. The lowest BCUT2D eigenvalue weighted by atomic mass is 10.2. The molecule has 1 aromatic rings. The van der Waals surface area contributed by atoms with E-state index < -0.39 is 0 Å². The molecule has 72 valence electrons. The van der Waals surface area contributed by atoms with Crippen LogP contribution in [0.2, 0.25) is 0 Å². The molecule has 13 heavy (non-hydrogen) atoms. The summed E-state index contributed by atoms with van der Waals surface area (Å²) in [7, 11) is 0. The highest BCUT2D eigenvalue weighted by Gasteiger charge is 2.12. The number of hydrogen-bond acceptors (Lipinski definition) is 4. The van der Waals surface area contributed by atoms with E-state index in [0.29, 0.717) is 0 Å². The Morgan fingerprint density at radius 1 is 1.85 bits per heavy atom. The molecule has 0 bridgehead atoms. The first-order valence-corrected chi connectivity index (χ1v) is 4.92. The second-order valence-corrected chi connectivity index (χ2v) is 3.85. The minimum Gasteiger partial charge on any atom is -0.347 e. The lowest BCUT2D eigenvalue weighted by Crippen LogP contribution is -2.32. The molecule has 4 nitrogen and oxygen atoms in total. The Labute approximate surface area is 81.2 Å². The molecule has 0 saturated carbocycles. The molecule has 0 aliphatic rings. The quantitative estimate of drug-likeness (QED) is 0.748. The van der Waals surface area contributed by atoms with Crippen LogP contribution in [0, 0.1) is 6.92 Å². The standard InChI is InChI=1S/C8H13N3OS/c1-5(11-7(12)3-9)8-6(2)13-4-10-8/h4-5H,3,9H2,1-2H3,(H,11,12). The molecule has 1 atom stereocenters. The topological polar surface area (TPSA) is 68.0 Å². The number of nitrogens with one attached hydrogen (secondary N) is 1. The maximum atomic E-state index is 11.0. The minimum absolute atomic E-state index is 0.0214. The zero-order valence-electron chi connectivity index (χ0n) is 7.70. The number of aryl methyl sites for hydroxylation is 1. The molecule has 3 N–H and O–H groups in total. The van der Waals surface area contributed by atoms with Crippen LogP contribution >= 0.6 is 11.3 Å². The summed E-state index contributed by atoms with van der Waals surface area (Å²) in [5, 5.41) is 2.75. The summed E-state index contributed by atoms with van der Waals surface area (Å²) in [5.41, 5.74) is 7.88. The molecule has 0 radical (unpaired) electrons. The van der Waals surface area contributed by atoms with Crippen LogP contribution in [0.15, 0.2) is 5.51 Å². The van der Waals surface area contributed by atoms with Crippen molar-refractivity contribution in [3.8, 4) is 0 Å². The van der Waals surface area contributed by atoms with Crippen molar-refractivity contribution in [3.05, 3.63) is 16.1 Å². The van der Waals surface area contributed by atoms with E-state index >= 15 is 0 Å². The Morgan fingerprint density at radius 2 is 2.54 bits per heavy atom. The first kappa shape index (κ1) is 10.1. The monoisotopic (exact) mass is 199 g/mol. The number of nitrogens with zero attached hydrogens (tertiary/aromatic N) is 1. The third kappa shape index (κ3) is 2.50. The van der Waals surface area contributed by atoms with Crippen molar-refractivity contribution in [1.29, 1.82) is 0 Å². The summed E-state index contributed by atoms with van der Waals surface area (Å²) < 4.78 is 0. The zero-order chi connectivity index (χ0) is 9.84. The highest BCUT2D eigenvalue weighted by atomic mass is 32.1. The van der Waals surface area contributed by atoms with Gasteiger partial charge in [-0.15, -0.1) is 11.3 Å². The van der Waals surface area contributed by atoms with E-state index in [1.807, 2.05) is 13.8 Å². The van der Waals surface area contributed by atoms with Gasteiger partial charge in [0.05, 0.1) is 23.8 Å². The van der Waals surface area contributed by atoms with Crippen LogP contribution in [0.5, 0.6) is 0 Å². The molecular weight excluding hydrogens is 186 g/mol. The SMILES string of the molecule is Cc1scnc1C(C)NC(=O)CN. The Kier molecular flexibility index (Phi) is 3.39. The Morgan fingerprint density at radius 3 is 3.00 bits per heavy atom. The van der Waals surface area contributed by atoms with Gasteiger partial charge in [-0.25, -0.2) is 4.98 Å². The van der Waals surface area contributed by atoms with Crippen LogP contribution in [-0.4, -0.2) is 17.4 Å². The van der Waals surface area contributed by atoms with Crippen LogP contribution in [-0.2, 0) is 4.79 Å². The number of thiazole rings is 1. The van der Waals surface area contributed by atoms with Gasteiger partial charge >= 0.3 is 0 Å². The third-order valence-electron chi connectivity index (χ3n) is 1.76. The van der Waals surface area contributed by atoms with Gasteiger partial charge in [0, 0.05) is 4.88 Å². The Balaban J connectivity index is 2.63. The van der Waals surface area contributed by atoms with Gasteiger partial charge in [0.15, 0.2) is 0 Å². The highest BCUT2D eigenvalue weighted by Crippen LogP contribution is 2.18. The molecule has 1 rings (SSSR count). The van der Waals surface area contributed by atoms with Crippen LogP contribution in [0.25, 0.3) is 0 Å². The lowest BCUT2D eigenvalue weighted by molar-refractivity contribution is -0.120. The number of amides is 1. The van der Waals surface area contributed by atoms with Crippen LogP contribution < -0.4 is 11.1 Å². The number of aromatic nitrogens is 1. The van der Waals surface area contributed by atoms with E-state index in [0.717, 1.165) is 10.6 Å². The number of carbonyl (C=O) groups is 1. The van der Waals surface area contributed by atoms with E-state index in [1.165, 1.54) is 0 Å². The number of carbonyl (C=O) groups excluding carboxylic acids is 1. The molecule has 5 heteroatoms. The summed E-state index contributed by atoms with van der Waals surface area (Å²) >= 11 is 1.57. The number of hydrogen-bond donors (Lipinski definition) is 2. The fourth-order valence-corrected chi connectivity index (χ4v) is 1.77. The van der Waals surface area contributed by atoms with Crippen molar-refractivity contribution < 1.29 is 4.79 Å². The van der Waals surface area contributed by atoms with Crippen LogP contribution in [0.1, 0.15) is 23.5 Å². The maximum absolute atomic E-state index is 11.0. The normalized spacial score (nSPS) is 12.5. The summed E-state index contributed by atoms with van der Waals surface area (Å²) in [4.78, 5) is 16.3. The molecule has 1 heterocycles. The molecule has 0 fully saturated rings.